The van der Waals surface area contributed by atoms with E-state index in [-0.39, 0.29) is 36.0 Å². The topological polar surface area (TPSA) is 70.1 Å². The van der Waals surface area contributed by atoms with E-state index < -0.39 is 0 Å². The Morgan fingerprint density at radius 1 is 1.24 bits per heavy atom. The van der Waals surface area contributed by atoms with Gasteiger partial charge in [-0.25, -0.2) is 4.39 Å². The minimum Gasteiger partial charge on any atom is -0.364 e. The number of anilines is 1. The fourth-order valence-corrected chi connectivity index (χ4v) is 5.41. The third-order valence-corrected chi connectivity index (χ3v) is 7.40. The quantitative estimate of drug-likeness (QED) is 0.515. The molecule has 4 rings (SSSR count). The van der Waals surface area contributed by atoms with Gasteiger partial charge in [-0.3, -0.25) is 14.4 Å². The lowest BCUT2D eigenvalue weighted by molar-refractivity contribution is 0.101. The Balaban J connectivity index is 1.73. The Hall–Kier alpha value is -2.89. The molecule has 1 unspecified atom stereocenters. The van der Waals surface area contributed by atoms with Crippen LogP contribution in [0.4, 0.5) is 10.1 Å². The Kier molecular flexibility index (Phi) is 6.96. The molecule has 1 fully saturated rings. The van der Waals surface area contributed by atoms with Gasteiger partial charge in [-0.05, 0) is 37.5 Å². The van der Waals surface area contributed by atoms with Crippen molar-refractivity contribution >= 4 is 28.3 Å². The molecule has 0 bridgehead atoms. The number of piperazine rings is 1. The molecule has 3 heterocycles. The van der Waals surface area contributed by atoms with E-state index in [1.807, 2.05) is 0 Å². The largest absolute Gasteiger partial charge is 0.364 e. The zero-order chi connectivity index (χ0) is 24.6. The van der Waals surface area contributed by atoms with Crippen LogP contribution in [0.15, 0.2) is 35.3 Å². The molecular weight excluding hydrogens is 455 g/mol. The maximum absolute atomic E-state index is 13.6. The molecule has 34 heavy (non-hydrogen) atoms. The smallest absolute Gasteiger partial charge is 0.252 e. The predicted octanol–water partition coefficient (Wildman–Crippen LogP) is 4.49. The molecule has 3 aromatic rings. The van der Waals surface area contributed by atoms with Gasteiger partial charge in [0.25, 0.3) is 5.56 Å². The van der Waals surface area contributed by atoms with Gasteiger partial charge in [-0.1, -0.05) is 31.5 Å². The van der Waals surface area contributed by atoms with Gasteiger partial charge in [0.15, 0.2) is 0 Å². The van der Waals surface area contributed by atoms with Crippen molar-refractivity contribution in [2.45, 2.75) is 58.3 Å². The number of hydrogen-bond acceptors (Lipinski definition) is 5. The second kappa shape index (κ2) is 9.77. The summed E-state index contributed by atoms with van der Waals surface area (Å²) < 4.78 is 16.8. The first-order chi connectivity index (χ1) is 16.3. The molecule has 2 aromatic heterocycles. The van der Waals surface area contributed by atoms with E-state index in [9.17, 15) is 9.18 Å². The number of hydrogen-bond donors (Lipinski definition) is 0. The van der Waals surface area contributed by atoms with Crippen LogP contribution >= 0.6 is 11.6 Å². The Morgan fingerprint density at radius 2 is 1.97 bits per heavy atom. The van der Waals surface area contributed by atoms with Crippen LogP contribution in [-0.4, -0.2) is 44.4 Å². The second-order valence-corrected chi connectivity index (χ2v) is 9.37. The maximum atomic E-state index is 13.6. The molecule has 0 spiro atoms. The number of benzene rings is 1. The summed E-state index contributed by atoms with van der Waals surface area (Å²) in [6.45, 7) is 8.04. The van der Waals surface area contributed by atoms with Crippen molar-refractivity contribution in [1.82, 2.24) is 19.2 Å². The average molecular weight is 485 g/mol. The molecule has 3 atom stereocenters. The summed E-state index contributed by atoms with van der Waals surface area (Å²) in [5.41, 5.74) is 3.07. The molecule has 7 nitrogen and oxygen atoms in total. The summed E-state index contributed by atoms with van der Waals surface area (Å²) in [7, 11) is 1.73. The fourth-order valence-electron chi connectivity index (χ4n) is 5.09. The summed E-state index contributed by atoms with van der Waals surface area (Å²) in [5, 5.41) is 14.2. The second-order valence-electron chi connectivity index (χ2n) is 8.96. The standard InChI is InChI=1S/C25H30ClFN6O/c1-5-18-14-33(22-12-24(34)30(4)23-15-31(10-9-28)29-25(22)23)19(6-2)13-32(18)16(3)20-8-7-17(27)11-21(20)26/h7-8,11-12,15-16,18-19H,5-6,10,13-14H2,1-4H3/t16?,18-,19+/m1/s1. The van der Waals surface area contributed by atoms with Crippen molar-refractivity contribution in [3.63, 3.8) is 0 Å². The van der Waals surface area contributed by atoms with Crippen LogP contribution in [-0.2, 0) is 13.6 Å². The minimum absolute atomic E-state index is 0.0211. The van der Waals surface area contributed by atoms with Gasteiger partial charge >= 0.3 is 0 Å². The first-order valence-corrected chi connectivity index (χ1v) is 12.1. The van der Waals surface area contributed by atoms with Gasteiger partial charge in [0.05, 0.1) is 23.5 Å². The molecule has 0 aliphatic carbocycles. The number of nitriles is 1. The highest BCUT2D eigenvalue weighted by Gasteiger charge is 2.36. The van der Waals surface area contributed by atoms with Gasteiger partial charge in [-0.2, -0.15) is 10.4 Å². The van der Waals surface area contributed by atoms with E-state index in [4.69, 9.17) is 16.9 Å². The summed E-state index contributed by atoms with van der Waals surface area (Å²) in [6.07, 6.45) is 3.55. The molecule has 1 aliphatic heterocycles. The Bertz CT molecular complexity index is 1300. The van der Waals surface area contributed by atoms with E-state index in [1.165, 1.54) is 12.1 Å². The van der Waals surface area contributed by atoms with Crippen LogP contribution < -0.4 is 10.5 Å². The first kappa shape index (κ1) is 24.2. The first-order valence-electron chi connectivity index (χ1n) is 11.7. The molecule has 0 radical (unpaired) electrons. The molecule has 0 amide bonds. The zero-order valence-corrected chi connectivity index (χ0v) is 20.8. The zero-order valence-electron chi connectivity index (χ0n) is 20.0. The third-order valence-electron chi connectivity index (χ3n) is 7.07. The van der Waals surface area contributed by atoms with Crippen molar-refractivity contribution in [1.29, 1.82) is 5.26 Å². The molecule has 0 saturated carbocycles. The summed E-state index contributed by atoms with van der Waals surface area (Å²) >= 11 is 6.41. The Morgan fingerprint density at radius 3 is 2.62 bits per heavy atom. The summed E-state index contributed by atoms with van der Waals surface area (Å²) in [4.78, 5) is 17.6. The van der Waals surface area contributed by atoms with E-state index >= 15 is 0 Å². The van der Waals surface area contributed by atoms with Crippen molar-refractivity contribution in [2.24, 2.45) is 7.05 Å². The number of fused-ring (bicyclic) bond motifs is 1. The van der Waals surface area contributed by atoms with Crippen molar-refractivity contribution < 1.29 is 4.39 Å². The lowest BCUT2D eigenvalue weighted by Crippen LogP contribution is -2.58. The number of pyridine rings is 1. The van der Waals surface area contributed by atoms with Gasteiger partial charge < -0.3 is 9.47 Å². The van der Waals surface area contributed by atoms with Crippen molar-refractivity contribution in [3.8, 4) is 6.07 Å². The monoisotopic (exact) mass is 484 g/mol. The predicted molar refractivity (Wildman–Crippen MR) is 133 cm³/mol. The minimum atomic E-state index is -0.338. The van der Waals surface area contributed by atoms with Gasteiger partial charge in [-0.15, -0.1) is 0 Å². The molecule has 1 saturated heterocycles. The third kappa shape index (κ3) is 4.30. The lowest BCUT2D eigenvalue weighted by Gasteiger charge is -2.49. The number of aryl methyl sites for hydroxylation is 1. The van der Waals surface area contributed by atoms with Gasteiger partial charge in [0, 0.05) is 49.4 Å². The molecule has 1 aromatic carbocycles. The highest BCUT2D eigenvalue weighted by Crippen LogP contribution is 2.36. The van der Waals surface area contributed by atoms with Crippen LogP contribution in [0, 0.1) is 17.1 Å². The molecule has 180 valence electrons. The van der Waals surface area contributed by atoms with E-state index in [0.717, 1.165) is 48.2 Å². The van der Waals surface area contributed by atoms with Gasteiger partial charge in [0.2, 0.25) is 0 Å². The van der Waals surface area contributed by atoms with Crippen LogP contribution in [0.2, 0.25) is 5.02 Å². The Labute approximate surface area is 203 Å². The highest BCUT2D eigenvalue weighted by atomic mass is 35.5. The van der Waals surface area contributed by atoms with Crippen molar-refractivity contribution in [3.05, 3.63) is 57.2 Å². The summed E-state index contributed by atoms with van der Waals surface area (Å²) in [6, 6.07) is 8.76. The number of halogens is 2. The van der Waals surface area contributed by atoms with Crippen LogP contribution in [0.1, 0.15) is 45.2 Å². The molecular formula is C25H30ClFN6O. The number of rotatable bonds is 6. The SMILES string of the molecule is CC[C@H]1CN(C(C)c2ccc(F)cc2Cl)[C@H](CC)CN1c1cc(=O)n(C)c2cn(CC#N)nc12. The van der Waals surface area contributed by atoms with Crippen molar-refractivity contribution in [2.75, 3.05) is 18.0 Å². The maximum Gasteiger partial charge on any atom is 0.252 e. The fraction of sp³-hybridized carbons (Fsp3) is 0.480. The van der Waals surface area contributed by atoms with E-state index in [0.29, 0.717) is 5.02 Å². The summed E-state index contributed by atoms with van der Waals surface area (Å²) in [5.74, 6) is -0.338. The van der Waals surface area contributed by atoms with Gasteiger partial charge in [0.1, 0.15) is 17.9 Å². The van der Waals surface area contributed by atoms with E-state index in [2.05, 4.69) is 41.7 Å². The average Bonchev–Trinajstić information content (AvgIpc) is 3.24. The normalized spacial score (nSPS) is 20.0. The van der Waals surface area contributed by atoms with Crippen LogP contribution in [0.3, 0.4) is 0 Å². The number of nitrogens with zero attached hydrogens (tertiary/aromatic N) is 6. The van der Waals surface area contributed by atoms with E-state index in [1.54, 1.807) is 34.6 Å². The molecule has 0 N–H and O–H groups in total. The van der Waals surface area contributed by atoms with Crippen LogP contribution in [0.25, 0.3) is 11.0 Å². The highest BCUT2D eigenvalue weighted by molar-refractivity contribution is 6.31. The number of aromatic nitrogens is 3. The van der Waals surface area contributed by atoms with Crippen LogP contribution in [0.5, 0.6) is 0 Å². The molecule has 9 heteroatoms. The lowest BCUT2D eigenvalue weighted by atomic mass is 9.96. The molecule has 1 aliphatic rings.